The summed E-state index contributed by atoms with van der Waals surface area (Å²) < 4.78 is 11.7. The van der Waals surface area contributed by atoms with E-state index in [4.69, 9.17) is 9.47 Å². The fourth-order valence-corrected chi connectivity index (χ4v) is 3.87. The molecule has 1 amide bonds. The van der Waals surface area contributed by atoms with Gasteiger partial charge in [-0.15, -0.1) is 0 Å². The van der Waals surface area contributed by atoms with Gasteiger partial charge in [0, 0.05) is 30.7 Å². The third-order valence-electron chi connectivity index (χ3n) is 5.53. The molecule has 2 N–H and O–H groups in total. The first kappa shape index (κ1) is 20.9. The zero-order chi connectivity index (χ0) is 20.3. The van der Waals surface area contributed by atoms with Gasteiger partial charge in [0.15, 0.2) is 11.5 Å². The number of rotatable bonds is 8. The Hall–Kier alpha value is -1.79. The minimum absolute atomic E-state index is 0.0507. The number of nitrogens with zero attached hydrogens (tertiary/aromatic N) is 1. The van der Waals surface area contributed by atoms with Crippen molar-refractivity contribution in [2.75, 3.05) is 20.2 Å². The first-order chi connectivity index (χ1) is 13.2. The van der Waals surface area contributed by atoms with E-state index in [-0.39, 0.29) is 12.0 Å². The molecule has 1 atom stereocenters. The second-order valence-corrected chi connectivity index (χ2v) is 8.83. The first-order valence-electron chi connectivity index (χ1n) is 10.4. The maximum atomic E-state index is 12.3. The third kappa shape index (κ3) is 5.85. The van der Waals surface area contributed by atoms with E-state index in [0.717, 1.165) is 45.2 Å². The average molecular weight is 391 g/mol. The van der Waals surface area contributed by atoms with Crippen molar-refractivity contribution in [3.63, 3.8) is 0 Å². The van der Waals surface area contributed by atoms with Gasteiger partial charge in [-0.3, -0.25) is 4.79 Å². The molecule has 2 aliphatic rings. The molecular formula is C22H34N2O4. The normalized spacial score (nSPS) is 19.9. The molecule has 1 aromatic rings. The number of aliphatic hydroxyl groups is 1. The van der Waals surface area contributed by atoms with Gasteiger partial charge in [-0.2, -0.15) is 0 Å². The SMILES string of the molecule is COc1ccc(C(=O)NC2CC2)cc1OC1CCN([C@H](C)CC(C)(C)O)CC1. The fourth-order valence-electron chi connectivity index (χ4n) is 3.87. The minimum Gasteiger partial charge on any atom is -0.493 e. The number of piperidine rings is 1. The summed E-state index contributed by atoms with van der Waals surface area (Å²) in [5, 5.41) is 13.1. The number of methoxy groups -OCH3 is 1. The van der Waals surface area contributed by atoms with E-state index in [1.54, 1.807) is 25.3 Å². The molecule has 28 heavy (non-hydrogen) atoms. The number of nitrogens with one attached hydrogen (secondary N) is 1. The van der Waals surface area contributed by atoms with Crippen molar-refractivity contribution in [1.82, 2.24) is 10.2 Å². The van der Waals surface area contributed by atoms with Crippen LogP contribution < -0.4 is 14.8 Å². The predicted octanol–water partition coefficient (Wildman–Crippen LogP) is 2.98. The Morgan fingerprint density at radius 2 is 1.93 bits per heavy atom. The van der Waals surface area contributed by atoms with Crippen LogP contribution in [-0.4, -0.2) is 59.9 Å². The van der Waals surface area contributed by atoms with Crippen molar-refractivity contribution in [3.05, 3.63) is 23.8 Å². The molecule has 1 aromatic carbocycles. The van der Waals surface area contributed by atoms with E-state index < -0.39 is 5.60 Å². The number of hydrogen-bond donors (Lipinski definition) is 2. The number of amides is 1. The molecule has 1 aliphatic heterocycles. The van der Waals surface area contributed by atoms with E-state index in [0.29, 0.717) is 29.1 Å². The molecule has 156 valence electrons. The first-order valence-corrected chi connectivity index (χ1v) is 10.4. The van der Waals surface area contributed by atoms with Crippen LogP contribution in [0.2, 0.25) is 0 Å². The second-order valence-electron chi connectivity index (χ2n) is 8.83. The van der Waals surface area contributed by atoms with Crippen molar-refractivity contribution < 1.29 is 19.4 Å². The van der Waals surface area contributed by atoms with Crippen LogP contribution in [0.5, 0.6) is 11.5 Å². The van der Waals surface area contributed by atoms with Gasteiger partial charge >= 0.3 is 0 Å². The summed E-state index contributed by atoms with van der Waals surface area (Å²) >= 11 is 0. The van der Waals surface area contributed by atoms with Gasteiger partial charge in [0.2, 0.25) is 0 Å². The summed E-state index contributed by atoms with van der Waals surface area (Å²) in [7, 11) is 1.62. The van der Waals surface area contributed by atoms with Gasteiger partial charge in [-0.25, -0.2) is 0 Å². The van der Waals surface area contributed by atoms with Crippen LogP contribution in [-0.2, 0) is 0 Å². The molecule has 6 nitrogen and oxygen atoms in total. The molecule has 1 saturated carbocycles. The van der Waals surface area contributed by atoms with Gasteiger partial charge < -0.3 is 24.8 Å². The van der Waals surface area contributed by atoms with Crippen LogP contribution in [0.4, 0.5) is 0 Å². The summed E-state index contributed by atoms with van der Waals surface area (Å²) in [6.45, 7) is 7.76. The standard InChI is InChI=1S/C22H34N2O4/c1-15(14-22(2,3)26)24-11-9-18(10-12-24)28-20-13-16(5-8-19(20)27-4)21(25)23-17-6-7-17/h5,8,13,15,17-18,26H,6-7,9-12,14H2,1-4H3,(H,23,25)/t15-/m1/s1. The molecule has 0 aromatic heterocycles. The van der Waals surface area contributed by atoms with E-state index in [1.165, 1.54) is 0 Å². The maximum absolute atomic E-state index is 12.3. The van der Waals surface area contributed by atoms with E-state index in [9.17, 15) is 9.90 Å². The number of carbonyl (C=O) groups excluding carboxylic acids is 1. The summed E-state index contributed by atoms with van der Waals surface area (Å²) in [4.78, 5) is 14.7. The summed E-state index contributed by atoms with van der Waals surface area (Å²) in [6.07, 6.45) is 4.81. The maximum Gasteiger partial charge on any atom is 0.251 e. The molecule has 0 bridgehead atoms. The Balaban J connectivity index is 1.58. The minimum atomic E-state index is -0.651. The van der Waals surface area contributed by atoms with Crippen LogP contribution in [0, 0.1) is 0 Å². The summed E-state index contributed by atoms with van der Waals surface area (Å²) in [6, 6.07) is 6.04. The lowest BCUT2D eigenvalue weighted by atomic mass is 9.97. The van der Waals surface area contributed by atoms with Crippen LogP contribution >= 0.6 is 0 Å². The van der Waals surface area contributed by atoms with Gasteiger partial charge in [-0.1, -0.05) is 0 Å². The highest BCUT2D eigenvalue weighted by Gasteiger charge is 2.28. The zero-order valence-electron chi connectivity index (χ0n) is 17.5. The molecule has 1 aliphatic carbocycles. The van der Waals surface area contributed by atoms with Crippen molar-refractivity contribution in [1.29, 1.82) is 0 Å². The Labute approximate surface area is 168 Å². The lowest BCUT2D eigenvalue weighted by Gasteiger charge is -2.38. The number of benzene rings is 1. The van der Waals surface area contributed by atoms with Gasteiger partial charge in [0.05, 0.1) is 12.7 Å². The van der Waals surface area contributed by atoms with Crippen molar-refractivity contribution >= 4 is 5.91 Å². The van der Waals surface area contributed by atoms with Gasteiger partial charge in [0.1, 0.15) is 6.10 Å². The van der Waals surface area contributed by atoms with E-state index >= 15 is 0 Å². The molecule has 2 fully saturated rings. The van der Waals surface area contributed by atoms with E-state index in [1.807, 2.05) is 13.8 Å². The third-order valence-corrected chi connectivity index (χ3v) is 5.53. The zero-order valence-corrected chi connectivity index (χ0v) is 17.5. The highest BCUT2D eigenvalue weighted by Crippen LogP contribution is 2.31. The largest absolute Gasteiger partial charge is 0.493 e. The fraction of sp³-hybridized carbons (Fsp3) is 0.682. The molecular weight excluding hydrogens is 356 g/mol. The highest BCUT2D eigenvalue weighted by molar-refractivity contribution is 5.95. The molecule has 1 saturated heterocycles. The predicted molar refractivity (Wildman–Crippen MR) is 109 cm³/mol. The lowest BCUT2D eigenvalue weighted by molar-refractivity contribution is 0.0193. The second kappa shape index (κ2) is 8.70. The quantitative estimate of drug-likeness (QED) is 0.714. The summed E-state index contributed by atoms with van der Waals surface area (Å²) in [5.74, 6) is 1.24. The molecule has 0 radical (unpaired) electrons. The topological polar surface area (TPSA) is 71.0 Å². The molecule has 0 unspecified atom stereocenters. The highest BCUT2D eigenvalue weighted by atomic mass is 16.5. The number of likely N-dealkylation sites (tertiary alicyclic amines) is 1. The lowest BCUT2D eigenvalue weighted by Crippen LogP contribution is -2.45. The number of hydrogen-bond acceptors (Lipinski definition) is 5. The van der Waals surface area contributed by atoms with Gasteiger partial charge in [0.25, 0.3) is 5.91 Å². The Kier molecular flexibility index (Phi) is 6.50. The Morgan fingerprint density at radius 3 is 2.50 bits per heavy atom. The Morgan fingerprint density at radius 1 is 1.25 bits per heavy atom. The van der Waals surface area contributed by atoms with Crippen molar-refractivity contribution in [2.45, 2.75) is 76.7 Å². The number of carbonyl (C=O) groups is 1. The van der Waals surface area contributed by atoms with Crippen LogP contribution in [0.15, 0.2) is 18.2 Å². The van der Waals surface area contributed by atoms with Crippen LogP contribution in [0.1, 0.15) is 63.2 Å². The van der Waals surface area contributed by atoms with E-state index in [2.05, 4.69) is 17.1 Å². The molecule has 6 heteroatoms. The van der Waals surface area contributed by atoms with Crippen molar-refractivity contribution in [3.8, 4) is 11.5 Å². The monoisotopic (exact) mass is 390 g/mol. The molecule has 1 heterocycles. The van der Waals surface area contributed by atoms with Crippen molar-refractivity contribution in [2.24, 2.45) is 0 Å². The van der Waals surface area contributed by atoms with Gasteiger partial charge in [-0.05, 0) is 71.1 Å². The molecule has 0 spiro atoms. The van der Waals surface area contributed by atoms with Crippen LogP contribution in [0.3, 0.4) is 0 Å². The van der Waals surface area contributed by atoms with Crippen LogP contribution in [0.25, 0.3) is 0 Å². The molecule has 3 rings (SSSR count). The Bertz CT molecular complexity index is 674. The smallest absolute Gasteiger partial charge is 0.251 e. The summed E-state index contributed by atoms with van der Waals surface area (Å²) in [5.41, 5.74) is -0.0411. The average Bonchev–Trinajstić information content (AvgIpc) is 3.44. The number of ether oxygens (including phenoxy) is 2.